The number of ether oxygens (including phenoxy) is 1. The van der Waals surface area contributed by atoms with Crippen LogP contribution in [0.1, 0.15) is 24.2 Å². The number of hydrogen-bond donors (Lipinski definition) is 2. The molecule has 2 aromatic carbocycles. The summed E-state index contributed by atoms with van der Waals surface area (Å²) in [4.78, 5) is 17.1. The van der Waals surface area contributed by atoms with Crippen molar-refractivity contribution in [3.8, 4) is 5.75 Å². The number of nitrogens with zero attached hydrogens (tertiary/aromatic N) is 2. The fraction of sp³-hybridized carbons (Fsp3) is 0.435. The zero-order chi connectivity index (χ0) is 24.3. The molecule has 2 N–H and O–H groups in total. The van der Waals surface area contributed by atoms with Gasteiger partial charge in [-0.05, 0) is 63.5 Å². The van der Waals surface area contributed by atoms with Gasteiger partial charge in [0.25, 0.3) is 15.9 Å². The summed E-state index contributed by atoms with van der Waals surface area (Å²) in [6, 6.07) is 10.1. The number of fused-ring (bicyclic) bond motifs is 1. The third-order valence-electron chi connectivity index (χ3n) is 5.59. The Balaban J connectivity index is 2.00. The van der Waals surface area contributed by atoms with Crippen molar-refractivity contribution in [1.82, 2.24) is 9.80 Å². The molecule has 1 amide bonds. The number of amides is 1. The largest absolute Gasteiger partial charge is 0.488 e. The lowest BCUT2D eigenvalue weighted by Crippen LogP contribution is -2.49. The summed E-state index contributed by atoms with van der Waals surface area (Å²) in [5.74, 6) is 0.0683. The third kappa shape index (κ3) is 5.97. The Bertz CT molecular complexity index is 1090. The Hall–Kier alpha value is -2.33. The lowest BCUT2D eigenvalue weighted by molar-refractivity contribution is 0.0363. The summed E-state index contributed by atoms with van der Waals surface area (Å²) in [6.07, 6.45) is -0.197. The standard InChI is InChI=1S/C23H30ClN3O5S/c1-15-12-27(16(2)14-28)23(29)20-11-18(7-10-21(20)32-22(15)13-26(3)4)25-33(30,31)19-8-5-17(24)6-9-19/h5-11,15-16,22,25,28H,12-14H2,1-4H3/t15-,16+,22+/m0/s1. The molecule has 3 atom stereocenters. The lowest BCUT2D eigenvalue weighted by Gasteiger charge is -2.37. The maximum absolute atomic E-state index is 13.4. The third-order valence-corrected chi connectivity index (χ3v) is 7.24. The van der Waals surface area contributed by atoms with E-state index < -0.39 is 16.1 Å². The quantitative estimate of drug-likeness (QED) is 0.612. The molecule has 1 aliphatic heterocycles. The van der Waals surface area contributed by atoms with Crippen LogP contribution in [0.3, 0.4) is 0 Å². The number of benzene rings is 2. The van der Waals surface area contributed by atoms with Crippen molar-refractivity contribution < 1.29 is 23.1 Å². The number of hydrogen-bond acceptors (Lipinski definition) is 6. The van der Waals surface area contributed by atoms with Crippen molar-refractivity contribution in [3.05, 3.63) is 53.1 Å². The molecule has 0 saturated heterocycles. The molecule has 0 fully saturated rings. The number of aliphatic hydroxyl groups is 1. The zero-order valence-electron chi connectivity index (χ0n) is 19.2. The maximum Gasteiger partial charge on any atom is 0.261 e. The smallest absolute Gasteiger partial charge is 0.261 e. The van der Waals surface area contributed by atoms with E-state index in [0.717, 1.165) is 0 Å². The van der Waals surface area contributed by atoms with Crippen LogP contribution in [0.4, 0.5) is 5.69 Å². The molecule has 8 nitrogen and oxygen atoms in total. The minimum atomic E-state index is -3.88. The highest BCUT2D eigenvalue weighted by Crippen LogP contribution is 2.31. The SMILES string of the molecule is C[C@H](CO)N1C[C@H](C)[C@@H](CN(C)C)Oc2ccc(NS(=O)(=O)c3ccc(Cl)cc3)cc2C1=O. The molecule has 33 heavy (non-hydrogen) atoms. The molecule has 0 aromatic heterocycles. The number of aliphatic hydroxyl groups excluding tert-OH is 1. The van der Waals surface area contributed by atoms with Gasteiger partial charge in [0.15, 0.2) is 0 Å². The molecule has 0 unspecified atom stereocenters. The van der Waals surface area contributed by atoms with E-state index in [-0.39, 0.29) is 40.7 Å². The van der Waals surface area contributed by atoms with Gasteiger partial charge in [0, 0.05) is 29.7 Å². The Kier molecular flexibility index (Phi) is 7.89. The number of carbonyl (C=O) groups is 1. The van der Waals surface area contributed by atoms with Crippen LogP contribution < -0.4 is 9.46 Å². The first-order chi connectivity index (χ1) is 15.5. The minimum Gasteiger partial charge on any atom is -0.488 e. The second-order valence-corrected chi connectivity index (χ2v) is 10.8. The number of anilines is 1. The molecule has 0 saturated carbocycles. The van der Waals surface area contributed by atoms with Gasteiger partial charge in [-0.1, -0.05) is 18.5 Å². The average molecular weight is 496 g/mol. The van der Waals surface area contributed by atoms with Gasteiger partial charge in [-0.15, -0.1) is 0 Å². The summed E-state index contributed by atoms with van der Waals surface area (Å²) in [6.45, 7) is 4.65. The summed E-state index contributed by atoms with van der Waals surface area (Å²) < 4.78 is 34.4. The first-order valence-corrected chi connectivity index (χ1v) is 12.5. The fourth-order valence-corrected chi connectivity index (χ4v) is 4.87. The van der Waals surface area contributed by atoms with Gasteiger partial charge in [0.1, 0.15) is 11.9 Å². The Labute approximate surface area is 200 Å². The monoisotopic (exact) mass is 495 g/mol. The van der Waals surface area contributed by atoms with Crippen LogP contribution in [0.5, 0.6) is 5.75 Å². The lowest BCUT2D eigenvalue weighted by atomic mass is 9.99. The van der Waals surface area contributed by atoms with E-state index >= 15 is 0 Å². The highest BCUT2D eigenvalue weighted by atomic mass is 35.5. The molecule has 0 bridgehead atoms. The number of halogens is 1. The molecule has 2 aromatic rings. The van der Waals surface area contributed by atoms with E-state index in [1.165, 1.54) is 30.3 Å². The van der Waals surface area contributed by atoms with Crippen LogP contribution in [-0.4, -0.2) is 75.2 Å². The topological polar surface area (TPSA) is 99.2 Å². The van der Waals surface area contributed by atoms with Crippen LogP contribution >= 0.6 is 11.6 Å². The van der Waals surface area contributed by atoms with Gasteiger partial charge >= 0.3 is 0 Å². The maximum atomic E-state index is 13.4. The second-order valence-electron chi connectivity index (χ2n) is 8.66. The van der Waals surface area contributed by atoms with E-state index in [1.54, 1.807) is 24.0 Å². The van der Waals surface area contributed by atoms with Crippen molar-refractivity contribution >= 4 is 33.2 Å². The normalized spacial score (nSPS) is 20.0. The van der Waals surface area contributed by atoms with E-state index in [9.17, 15) is 18.3 Å². The van der Waals surface area contributed by atoms with Gasteiger partial charge in [0.2, 0.25) is 0 Å². The summed E-state index contributed by atoms with van der Waals surface area (Å²) in [7, 11) is 0.0147. The number of carbonyl (C=O) groups excluding carboxylic acids is 1. The number of likely N-dealkylation sites (N-methyl/N-ethyl adjacent to an activating group) is 1. The molecule has 3 rings (SSSR count). The van der Waals surface area contributed by atoms with Gasteiger partial charge in [0.05, 0.1) is 23.1 Å². The molecule has 180 valence electrons. The van der Waals surface area contributed by atoms with Gasteiger partial charge in [-0.25, -0.2) is 8.42 Å². The molecular weight excluding hydrogens is 466 g/mol. The number of sulfonamides is 1. The van der Waals surface area contributed by atoms with Crippen LogP contribution in [0.25, 0.3) is 0 Å². The highest BCUT2D eigenvalue weighted by Gasteiger charge is 2.33. The molecule has 0 spiro atoms. The minimum absolute atomic E-state index is 0.0154. The van der Waals surface area contributed by atoms with Gasteiger partial charge in [-0.2, -0.15) is 0 Å². The second kappa shape index (κ2) is 10.3. The first-order valence-electron chi connectivity index (χ1n) is 10.7. The molecule has 0 aliphatic carbocycles. The zero-order valence-corrected chi connectivity index (χ0v) is 20.7. The first kappa shape index (κ1) is 25.3. The van der Waals surface area contributed by atoms with E-state index in [1.807, 2.05) is 25.9 Å². The van der Waals surface area contributed by atoms with Crippen LogP contribution in [-0.2, 0) is 10.0 Å². The van der Waals surface area contributed by atoms with Crippen molar-refractivity contribution in [1.29, 1.82) is 0 Å². The average Bonchev–Trinajstić information content (AvgIpc) is 2.76. The summed E-state index contributed by atoms with van der Waals surface area (Å²) in [5.41, 5.74) is 0.470. The van der Waals surface area contributed by atoms with Crippen molar-refractivity contribution in [2.24, 2.45) is 5.92 Å². The molecule has 0 radical (unpaired) electrons. The summed E-state index contributed by atoms with van der Waals surface area (Å²) >= 11 is 5.86. The van der Waals surface area contributed by atoms with Crippen LogP contribution in [0.2, 0.25) is 5.02 Å². The van der Waals surface area contributed by atoms with Gasteiger partial charge in [-0.3, -0.25) is 9.52 Å². The van der Waals surface area contributed by atoms with Crippen molar-refractivity contribution in [3.63, 3.8) is 0 Å². The van der Waals surface area contributed by atoms with Crippen molar-refractivity contribution in [2.45, 2.75) is 30.9 Å². The van der Waals surface area contributed by atoms with E-state index in [2.05, 4.69) is 4.72 Å². The summed E-state index contributed by atoms with van der Waals surface area (Å²) in [5, 5.41) is 10.2. The Morgan fingerprint density at radius 2 is 1.91 bits per heavy atom. The number of rotatable bonds is 7. The van der Waals surface area contributed by atoms with Crippen LogP contribution in [0, 0.1) is 5.92 Å². The number of nitrogens with one attached hydrogen (secondary N) is 1. The molecule has 10 heteroatoms. The molecular formula is C23H30ClN3O5S. The fourth-order valence-electron chi connectivity index (χ4n) is 3.69. The Morgan fingerprint density at radius 3 is 2.52 bits per heavy atom. The van der Waals surface area contributed by atoms with Crippen molar-refractivity contribution in [2.75, 3.05) is 38.5 Å². The Morgan fingerprint density at radius 1 is 1.24 bits per heavy atom. The highest BCUT2D eigenvalue weighted by molar-refractivity contribution is 7.92. The van der Waals surface area contributed by atoms with Gasteiger partial charge < -0.3 is 19.6 Å². The van der Waals surface area contributed by atoms with Crippen LogP contribution in [0.15, 0.2) is 47.4 Å². The predicted molar refractivity (Wildman–Crippen MR) is 128 cm³/mol. The van der Waals surface area contributed by atoms with E-state index in [0.29, 0.717) is 23.9 Å². The molecule has 1 heterocycles. The van der Waals surface area contributed by atoms with E-state index in [4.69, 9.17) is 16.3 Å². The predicted octanol–water partition coefficient (Wildman–Crippen LogP) is 2.92. The molecule has 1 aliphatic rings.